The maximum Gasteiger partial charge on any atom is 0.252 e. The molecule has 0 saturated carbocycles. The lowest BCUT2D eigenvalue weighted by Crippen LogP contribution is -2.25. The van der Waals surface area contributed by atoms with Gasteiger partial charge >= 0.3 is 0 Å². The number of hydrogen-bond donors (Lipinski definition) is 3. The van der Waals surface area contributed by atoms with Gasteiger partial charge in [0, 0.05) is 25.7 Å². The second-order valence-corrected chi connectivity index (χ2v) is 4.67. The van der Waals surface area contributed by atoms with Crippen LogP contribution in [0.15, 0.2) is 12.3 Å². The number of nitrogens with one attached hydrogen (secondary N) is 2. The number of carbonyl (C=O) groups excluding carboxylic acids is 2. The lowest BCUT2D eigenvalue weighted by molar-refractivity contribution is -0.118. The van der Waals surface area contributed by atoms with Gasteiger partial charge in [-0.1, -0.05) is 11.6 Å². The van der Waals surface area contributed by atoms with Crippen LogP contribution in [0.25, 0.3) is 0 Å². The van der Waals surface area contributed by atoms with E-state index in [-0.39, 0.29) is 11.8 Å². The molecule has 20 heavy (non-hydrogen) atoms. The molecule has 0 fully saturated rings. The molecule has 0 aromatic carbocycles. The molecule has 1 heterocycles. The Bertz CT molecular complexity index is 479. The van der Waals surface area contributed by atoms with Gasteiger partial charge in [-0.25, -0.2) is 4.98 Å². The molecule has 0 spiro atoms. The van der Waals surface area contributed by atoms with Crippen LogP contribution in [0.3, 0.4) is 0 Å². The van der Waals surface area contributed by atoms with E-state index in [1.165, 1.54) is 6.20 Å². The number of unbranched alkanes of at least 4 members (excludes halogenated alkanes) is 1. The summed E-state index contributed by atoms with van der Waals surface area (Å²) in [6.07, 6.45) is 3.12. The van der Waals surface area contributed by atoms with Gasteiger partial charge < -0.3 is 16.4 Å². The third-order valence-corrected chi connectivity index (χ3v) is 2.89. The standard InChI is InChI=1S/C13H19ClN4O2/c1-2-16-12-7-9(10(14)8-18-12)13(20)17-6-4-3-5-11(15)19/h7-8H,2-6H2,1H3,(H2,15,19)(H,16,18)(H,17,20). The van der Waals surface area contributed by atoms with Crippen molar-refractivity contribution in [2.45, 2.75) is 26.2 Å². The molecule has 0 aliphatic rings. The van der Waals surface area contributed by atoms with Gasteiger partial charge in [0.25, 0.3) is 5.91 Å². The first-order valence-corrected chi connectivity index (χ1v) is 6.88. The molecule has 0 aliphatic carbocycles. The average molecular weight is 299 g/mol. The lowest BCUT2D eigenvalue weighted by Gasteiger charge is -2.08. The van der Waals surface area contributed by atoms with E-state index in [2.05, 4.69) is 15.6 Å². The van der Waals surface area contributed by atoms with Crippen molar-refractivity contribution in [3.63, 3.8) is 0 Å². The monoisotopic (exact) mass is 298 g/mol. The molecule has 0 unspecified atom stereocenters. The molecule has 0 radical (unpaired) electrons. The third kappa shape index (κ3) is 5.44. The number of pyridine rings is 1. The highest BCUT2D eigenvalue weighted by molar-refractivity contribution is 6.33. The minimum absolute atomic E-state index is 0.254. The van der Waals surface area contributed by atoms with Crippen LogP contribution in [-0.2, 0) is 4.79 Å². The molecule has 4 N–H and O–H groups in total. The summed E-state index contributed by atoms with van der Waals surface area (Å²) < 4.78 is 0. The Morgan fingerprint density at radius 3 is 2.80 bits per heavy atom. The third-order valence-electron chi connectivity index (χ3n) is 2.59. The van der Waals surface area contributed by atoms with Crippen LogP contribution in [-0.4, -0.2) is 29.9 Å². The lowest BCUT2D eigenvalue weighted by atomic mass is 10.2. The van der Waals surface area contributed by atoms with Gasteiger partial charge in [0.05, 0.1) is 10.6 Å². The number of aromatic nitrogens is 1. The quantitative estimate of drug-likeness (QED) is 0.634. The predicted octanol–water partition coefficient (Wildman–Crippen LogP) is 1.55. The predicted molar refractivity (Wildman–Crippen MR) is 78.8 cm³/mol. The van der Waals surface area contributed by atoms with Crippen LogP contribution >= 0.6 is 11.6 Å². The van der Waals surface area contributed by atoms with E-state index in [1.807, 2.05) is 6.92 Å². The summed E-state index contributed by atoms with van der Waals surface area (Å²) in [5.41, 5.74) is 5.41. The highest BCUT2D eigenvalue weighted by atomic mass is 35.5. The van der Waals surface area contributed by atoms with Crippen molar-refractivity contribution in [1.29, 1.82) is 0 Å². The number of nitrogens with two attached hydrogens (primary N) is 1. The summed E-state index contributed by atoms with van der Waals surface area (Å²) in [5, 5.41) is 6.08. The van der Waals surface area contributed by atoms with E-state index < -0.39 is 0 Å². The molecule has 0 bridgehead atoms. The Labute approximate surface area is 123 Å². The van der Waals surface area contributed by atoms with E-state index in [0.29, 0.717) is 48.8 Å². The fourth-order valence-electron chi connectivity index (χ4n) is 1.61. The summed E-state index contributed by atoms with van der Waals surface area (Å²) in [4.78, 5) is 26.6. The zero-order chi connectivity index (χ0) is 15.0. The molecular formula is C13H19ClN4O2. The summed E-state index contributed by atoms with van der Waals surface area (Å²) >= 11 is 5.96. The molecule has 7 heteroatoms. The van der Waals surface area contributed by atoms with E-state index in [0.717, 1.165) is 0 Å². The molecule has 1 aromatic rings. The first-order valence-electron chi connectivity index (χ1n) is 6.50. The van der Waals surface area contributed by atoms with Gasteiger partial charge in [-0.2, -0.15) is 0 Å². The Hall–Kier alpha value is -1.82. The molecule has 0 atom stereocenters. The van der Waals surface area contributed by atoms with Crippen molar-refractivity contribution in [2.75, 3.05) is 18.4 Å². The first kappa shape index (κ1) is 16.2. The number of hydrogen-bond acceptors (Lipinski definition) is 4. The SMILES string of the molecule is CCNc1cc(C(=O)NCCCCC(N)=O)c(Cl)cn1. The molecule has 1 rings (SSSR count). The van der Waals surface area contributed by atoms with Gasteiger partial charge in [-0.05, 0) is 25.8 Å². The minimum atomic E-state index is -0.330. The van der Waals surface area contributed by atoms with Crippen LogP contribution in [0.1, 0.15) is 36.5 Å². The fraction of sp³-hybridized carbons (Fsp3) is 0.462. The smallest absolute Gasteiger partial charge is 0.252 e. The average Bonchev–Trinajstić information content (AvgIpc) is 2.40. The summed E-state index contributed by atoms with van der Waals surface area (Å²) in [5.74, 6) is 0.0233. The number of anilines is 1. The van der Waals surface area contributed by atoms with Crippen molar-refractivity contribution >= 4 is 29.2 Å². The van der Waals surface area contributed by atoms with E-state index in [4.69, 9.17) is 17.3 Å². The van der Waals surface area contributed by atoms with Gasteiger partial charge in [0.15, 0.2) is 0 Å². The maximum atomic E-state index is 12.0. The number of amides is 2. The van der Waals surface area contributed by atoms with Crippen molar-refractivity contribution in [3.8, 4) is 0 Å². The summed E-state index contributed by atoms with van der Waals surface area (Å²) in [7, 11) is 0. The molecule has 0 saturated heterocycles. The summed E-state index contributed by atoms with van der Waals surface area (Å²) in [6.45, 7) is 3.12. The Kier molecular flexibility index (Phi) is 6.79. The van der Waals surface area contributed by atoms with Crippen LogP contribution in [0.5, 0.6) is 0 Å². The zero-order valence-electron chi connectivity index (χ0n) is 11.4. The van der Waals surface area contributed by atoms with Crippen LogP contribution in [0.4, 0.5) is 5.82 Å². The van der Waals surface area contributed by atoms with Gasteiger partial charge in [-0.15, -0.1) is 0 Å². The fourth-order valence-corrected chi connectivity index (χ4v) is 1.80. The normalized spacial score (nSPS) is 10.1. The van der Waals surface area contributed by atoms with Crippen LogP contribution in [0.2, 0.25) is 5.02 Å². The summed E-state index contributed by atoms with van der Waals surface area (Å²) in [6, 6.07) is 1.62. The molecule has 1 aromatic heterocycles. The van der Waals surface area contributed by atoms with Crippen molar-refractivity contribution in [1.82, 2.24) is 10.3 Å². The van der Waals surface area contributed by atoms with E-state index in [1.54, 1.807) is 6.07 Å². The molecular weight excluding hydrogens is 280 g/mol. The van der Waals surface area contributed by atoms with Gasteiger partial charge in [0.1, 0.15) is 5.82 Å². The van der Waals surface area contributed by atoms with Crippen molar-refractivity contribution in [2.24, 2.45) is 5.73 Å². The van der Waals surface area contributed by atoms with Gasteiger partial charge in [0.2, 0.25) is 5.91 Å². The number of carbonyl (C=O) groups is 2. The Balaban J connectivity index is 2.50. The highest BCUT2D eigenvalue weighted by Gasteiger charge is 2.11. The first-order chi connectivity index (χ1) is 9.54. The number of halogens is 1. The van der Waals surface area contributed by atoms with E-state index >= 15 is 0 Å². The molecule has 110 valence electrons. The second-order valence-electron chi connectivity index (χ2n) is 4.26. The maximum absolute atomic E-state index is 12.0. The van der Waals surface area contributed by atoms with Crippen molar-refractivity contribution in [3.05, 3.63) is 22.8 Å². The zero-order valence-corrected chi connectivity index (χ0v) is 12.2. The van der Waals surface area contributed by atoms with Crippen LogP contribution < -0.4 is 16.4 Å². The Morgan fingerprint density at radius 2 is 2.15 bits per heavy atom. The van der Waals surface area contributed by atoms with Gasteiger partial charge in [-0.3, -0.25) is 9.59 Å². The van der Waals surface area contributed by atoms with Crippen molar-refractivity contribution < 1.29 is 9.59 Å². The largest absolute Gasteiger partial charge is 0.370 e. The molecule has 6 nitrogen and oxygen atoms in total. The topological polar surface area (TPSA) is 97.1 Å². The number of primary amides is 1. The second kappa shape index (κ2) is 8.37. The van der Waals surface area contributed by atoms with E-state index in [9.17, 15) is 9.59 Å². The number of rotatable bonds is 8. The van der Waals surface area contributed by atoms with Crippen LogP contribution in [0, 0.1) is 0 Å². The molecule has 0 aliphatic heterocycles. The molecule has 2 amide bonds. The Morgan fingerprint density at radius 1 is 1.40 bits per heavy atom. The minimum Gasteiger partial charge on any atom is -0.370 e. The highest BCUT2D eigenvalue weighted by Crippen LogP contribution is 2.17. The number of nitrogens with zero attached hydrogens (tertiary/aromatic N) is 1.